The number of methoxy groups -OCH3 is 1. The molecule has 1 heterocycles. The second kappa shape index (κ2) is 9.04. The molecule has 2 saturated carbocycles. The SMILES string of the molecule is CNCC1CCCN(C(=O)C2(Cc3cccc(OC)c3)CC3CCC2C3)C1.Cl. The van der Waals surface area contributed by atoms with E-state index in [9.17, 15) is 4.79 Å². The van der Waals surface area contributed by atoms with Crippen molar-refractivity contribution >= 4 is 18.3 Å². The summed E-state index contributed by atoms with van der Waals surface area (Å²) in [5, 5.41) is 3.30. The van der Waals surface area contributed by atoms with E-state index < -0.39 is 0 Å². The van der Waals surface area contributed by atoms with Gasteiger partial charge in [0.15, 0.2) is 0 Å². The summed E-state index contributed by atoms with van der Waals surface area (Å²) in [5.41, 5.74) is 1.07. The van der Waals surface area contributed by atoms with Crippen molar-refractivity contribution < 1.29 is 9.53 Å². The Morgan fingerprint density at radius 1 is 1.32 bits per heavy atom. The molecular weight excluding hydrogens is 372 g/mol. The lowest BCUT2D eigenvalue weighted by molar-refractivity contribution is -0.147. The van der Waals surface area contributed by atoms with Crippen molar-refractivity contribution in [1.29, 1.82) is 0 Å². The van der Waals surface area contributed by atoms with E-state index in [0.717, 1.165) is 50.6 Å². The van der Waals surface area contributed by atoms with E-state index in [2.05, 4.69) is 28.4 Å². The fourth-order valence-corrected chi connectivity index (χ4v) is 6.16. The molecule has 4 rings (SSSR count). The molecule has 1 aromatic rings. The lowest BCUT2D eigenvalue weighted by Crippen LogP contribution is -2.52. The van der Waals surface area contributed by atoms with E-state index in [1.165, 1.54) is 31.2 Å². The average molecular weight is 407 g/mol. The number of carbonyl (C=O) groups excluding carboxylic acids is 1. The summed E-state index contributed by atoms with van der Waals surface area (Å²) in [4.78, 5) is 16.1. The van der Waals surface area contributed by atoms with Crippen LogP contribution in [0, 0.1) is 23.2 Å². The minimum absolute atomic E-state index is 0. The number of nitrogens with one attached hydrogen (secondary N) is 1. The van der Waals surface area contributed by atoms with Crippen LogP contribution in [0.15, 0.2) is 24.3 Å². The first kappa shape index (κ1) is 21.4. The van der Waals surface area contributed by atoms with Crippen LogP contribution < -0.4 is 10.1 Å². The quantitative estimate of drug-likeness (QED) is 0.778. The molecule has 0 radical (unpaired) electrons. The van der Waals surface area contributed by atoms with E-state index in [0.29, 0.717) is 17.7 Å². The molecule has 1 aliphatic heterocycles. The maximum Gasteiger partial charge on any atom is 0.229 e. The van der Waals surface area contributed by atoms with Gasteiger partial charge in [-0.15, -0.1) is 12.4 Å². The summed E-state index contributed by atoms with van der Waals surface area (Å²) in [5.74, 6) is 3.25. The number of nitrogens with zero attached hydrogens (tertiary/aromatic N) is 1. The topological polar surface area (TPSA) is 41.6 Å². The number of hydrogen-bond acceptors (Lipinski definition) is 3. The predicted octanol–water partition coefficient (Wildman–Crippen LogP) is 3.92. The largest absolute Gasteiger partial charge is 0.497 e. The molecule has 1 aromatic carbocycles. The highest BCUT2D eigenvalue weighted by atomic mass is 35.5. The highest BCUT2D eigenvalue weighted by Gasteiger charge is 2.56. The molecule has 3 fully saturated rings. The molecular formula is C23H35ClN2O2. The minimum Gasteiger partial charge on any atom is -0.497 e. The minimum atomic E-state index is -0.184. The van der Waals surface area contributed by atoms with Crippen molar-refractivity contribution in [1.82, 2.24) is 10.2 Å². The first-order valence-electron chi connectivity index (χ1n) is 10.7. The number of hydrogen-bond donors (Lipinski definition) is 1. The third-order valence-corrected chi connectivity index (χ3v) is 7.35. The van der Waals surface area contributed by atoms with Gasteiger partial charge < -0.3 is 15.0 Å². The van der Waals surface area contributed by atoms with Gasteiger partial charge in [0, 0.05) is 13.1 Å². The number of benzene rings is 1. The highest BCUT2D eigenvalue weighted by molar-refractivity contribution is 5.85. The molecule has 3 aliphatic rings. The number of fused-ring (bicyclic) bond motifs is 2. The van der Waals surface area contributed by atoms with Crippen molar-refractivity contribution in [3.8, 4) is 5.75 Å². The molecule has 156 valence electrons. The van der Waals surface area contributed by atoms with Gasteiger partial charge in [0.05, 0.1) is 12.5 Å². The molecule has 0 spiro atoms. The molecule has 4 unspecified atom stereocenters. The van der Waals surface area contributed by atoms with Crippen LogP contribution in [-0.4, -0.2) is 44.6 Å². The van der Waals surface area contributed by atoms with E-state index in [-0.39, 0.29) is 17.8 Å². The predicted molar refractivity (Wildman–Crippen MR) is 115 cm³/mol. The highest BCUT2D eigenvalue weighted by Crippen LogP contribution is 2.58. The number of amides is 1. The van der Waals surface area contributed by atoms with E-state index in [1.807, 2.05) is 13.1 Å². The van der Waals surface area contributed by atoms with Gasteiger partial charge in [0.1, 0.15) is 5.75 Å². The van der Waals surface area contributed by atoms with Gasteiger partial charge >= 0.3 is 0 Å². The van der Waals surface area contributed by atoms with E-state index in [4.69, 9.17) is 4.74 Å². The van der Waals surface area contributed by atoms with Gasteiger partial charge in [-0.3, -0.25) is 4.79 Å². The van der Waals surface area contributed by atoms with Crippen LogP contribution in [0.2, 0.25) is 0 Å². The van der Waals surface area contributed by atoms with Gasteiger partial charge in [0.2, 0.25) is 5.91 Å². The van der Waals surface area contributed by atoms with Gasteiger partial charge in [-0.1, -0.05) is 18.6 Å². The van der Waals surface area contributed by atoms with Gasteiger partial charge in [0.25, 0.3) is 0 Å². The fraction of sp³-hybridized carbons (Fsp3) is 0.696. The van der Waals surface area contributed by atoms with E-state index >= 15 is 0 Å². The van der Waals surface area contributed by atoms with Crippen LogP contribution in [0.4, 0.5) is 0 Å². The second-order valence-electron chi connectivity index (χ2n) is 9.08. The molecule has 4 nitrogen and oxygen atoms in total. The zero-order chi connectivity index (χ0) is 18.9. The summed E-state index contributed by atoms with van der Waals surface area (Å²) in [6.07, 6.45) is 8.14. The molecule has 1 saturated heterocycles. The number of rotatable bonds is 6. The zero-order valence-electron chi connectivity index (χ0n) is 17.3. The van der Waals surface area contributed by atoms with Crippen molar-refractivity contribution in [2.75, 3.05) is 33.8 Å². The number of likely N-dealkylation sites (tertiary alicyclic amines) is 1. The van der Waals surface area contributed by atoms with E-state index in [1.54, 1.807) is 7.11 Å². The summed E-state index contributed by atoms with van der Waals surface area (Å²) >= 11 is 0. The summed E-state index contributed by atoms with van der Waals surface area (Å²) in [6, 6.07) is 8.35. The average Bonchev–Trinajstić information content (AvgIpc) is 3.30. The molecule has 1 amide bonds. The van der Waals surface area contributed by atoms with Crippen molar-refractivity contribution in [3.63, 3.8) is 0 Å². The molecule has 0 aromatic heterocycles. The lowest BCUT2D eigenvalue weighted by atomic mass is 9.68. The lowest BCUT2D eigenvalue weighted by Gasteiger charge is -2.43. The van der Waals surface area contributed by atoms with Crippen molar-refractivity contribution in [3.05, 3.63) is 29.8 Å². The Balaban J connectivity index is 0.00000225. The zero-order valence-corrected chi connectivity index (χ0v) is 18.1. The maximum atomic E-state index is 13.9. The number of ether oxygens (including phenoxy) is 1. The maximum absolute atomic E-state index is 13.9. The van der Waals surface area contributed by atoms with Crippen molar-refractivity contribution in [2.24, 2.45) is 23.2 Å². The molecule has 2 bridgehead atoms. The third-order valence-electron chi connectivity index (χ3n) is 7.35. The Kier molecular flexibility index (Phi) is 6.93. The summed E-state index contributed by atoms with van der Waals surface area (Å²) < 4.78 is 5.43. The standard InChI is InChI=1S/C23H34N2O2.ClH/c1-24-15-19-6-4-10-25(16-19)22(26)23(14-18-8-9-20(23)11-18)13-17-5-3-7-21(12-17)27-2;/h3,5,7,12,18-20,24H,4,6,8-11,13-16H2,1-2H3;1H. The molecule has 5 heteroatoms. The normalized spacial score (nSPS) is 31.5. The van der Waals surface area contributed by atoms with Crippen LogP contribution in [0.3, 0.4) is 0 Å². The molecule has 28 heavy (non-hydrogen) atoms. The van der Waals surface area contributed by atoms with Crippen molar-refractivity contribution in [2.45, 2.75) is 44.9 Å². The molecule has 4 atom stereocenters. The monoisotopic (exact) mass is 406 g/mol. The first-order chi connectivity index (χ1) is 13.1. The van der Waals surface area contributed by atoms with Crippen LogP contribution in [0.5, 0.6) is 5.75 Å². The number of halogens is 1. The Hall–Kier alpha value is -1.26. The number of carbonyl (C=O) groups is 1. The summed E-state index contributed by atoms with van der Waals surface area (Å²) in [7, 11) is 3.73. The molecule has 1 N–H and O–H groups in total. The van der Waals surface area contributed by atoms with Crippen LogP contribution in [-0.2, 0) is 11.2 Å². The summed E-state index contributed by atoms with van der Waals surface area (Å²) in [6.45, 7) is 2.88. The van der Waals surface area contributed by atoms with Crippen LogP contribution >= 0.6 is 12.4 Å². The Morgan fingerprint density at radius 2 is 2.18 bits per heavy atom. The van der Waals surface area contributed by atoms with Gasteiger partial charge in [-0.05, 0) is 87.6 Å². The Morgan fingerprint density at radius 3 is 2.86 bits per heavy atom. The Bertz CT molecular complexity index is 680. The Labute approximate surface area is 175 Å². The van der Waals surface area contributed by atoms with Gasteiger partial charge in [-0.25, -0.2) is 0 Å². The number of piperidine rings is 1. The second-order valence-corrected chi connectivity index (χ2v) is 9.08. The van der Waals surface area contributed by atoms with Crippen LogP contribution in [0.1, 0.15) is 44.1 Å². The molecule has 2 aliphatic carbocycles. The van der Waals surface area contributed by atoms with Crippen LogP contribution in [0.25, 0.3) is 0 Å². The smallest absolute Gasteiger partial charge is 0.229 e. The fourth-order valence-electron chi connectivity index (χ4n) is 6.16. The van der Waals surface area contributed by atoms with Gasteiger partial charge in [-0.2, -0.15) is 0 Å². The first-order valence-corrected chi connectivity index (χ1v) is 10.7. The third kappa shape index (κ3) is 4.04.